The molecule has 8 heteroatoms. The average molecular weight is 595 g/mol. The highest BCUT2D eigenvalue weighted by Gasteiger charge is 2.61. The SMILES string of the molecule is CC(C)(CC1C2CC3CC1CC(NC(N)=O)(C3)C2)OC(=O)C1C[C@@]2(C)C(=CC1=O)NC[C@H]1[C@@H]3CC[C@H](CN)[C@@]3(C)CC[C@@H]12. The summed E-state index contributed by atoms with van der Waals surface area (Å²) in [5, 5.41) is 6.80. The van der Waals surface area contributed by atoms with Gasteiger partial charge < -0.3 is 26.8 Å². The van der Waals surface area contributed by atoms with E-state index in [0.717, 1.165) is 50.9 Å². The number of urea groups is 1. The minimum atomic E-state index is -0.746. The topological polar surface area (TPSA) is 137 Å². The lowest BCUT2D eigenvalue weighted by atomic mass is 9.48. The number of nitrogens with two attached hydrogens (primary N) is 2. The van der Waals surface area contributed by atoms with Crippen molar-refractivity contribution in [3.63, 3.8) is 0 Å². The summed E-state index contributed by atoms with van der Waals surface area (Å²) in [4.78, 5) is 39.1. The molecule has 7 fully saturated rings. The summed E-state index contributed by atoms with van der Waals surface area (Å²) in [5.41, 5.74) is 12.1. The second-order valence-electron chi connectivity index (χ2n) is 17.2. The molecule has 1 aliphatic heterocycles. The molecular weight excluding hydrogens is 540 g/mol. The van der Waals surface area contributed by atoms with Crippen LogP contribution < -0.4 is 22.1 Å². The van der Waals surface area contributed by atoms with Crippen molar-refractivity contribution in [2.24, 2.45) is 75.6 Å². The Morgan fingerprint density at radius 3 is 2.47 bits per heavy atom. The number of hydrogen-bond donors (Lipinski definition) is 4. The number of amides is 2. The van der Waals surface area contributed by atoms with Crippen LogP contribution in [0, 0.1) is 64.1 Å². The first-order chi connectivity index (χ1) is 20.3. The smallest absolute Gasteiger partial charge is 0.317 e. The molecular formula is C35H54N4O4. The molecule has 8 nitrogen and oxygen atoms in total. The zero-order valence-corrected chi connectivity index (χ0v) is 26.8. The number of hydrogen-bond acceptors (Lipinski definition) is 6. The molecule has 43 heavy (non-hydrogen) atoms. The van der Waals surface area contributed by atoms with Gasteiger partial charge in [0.25, 0.3) is 0 Å². The first kappa shape index (κ1) is 29.6. The molecule has 1 heterocycles. The molecule has 7 aliphatic carbocycles. The van der Waals surface area contributed by atoms with E-state index in [1.54, 1.807) is 6.08 Å². The third-order valence-electron chi connectivity index (χ3n) is 14.4. The number of ether oxygens (including phenoxy) is 1. The third kappa shape index (κ3) is 4.66. The molecule has 4 bridgehead atoms. The maximum absolute atomic E-state index is 13.9. The summed E-state index contributed by atoms with van der Waals surface area (Å²) in [5.74, 6) is 3.15. The number of primary amides is 1. The van der Waals surface area contributed by atoms with Crippen molar-refractivity contribution in [3.05, 3.63) is 11.8 Å². The van der Waals surface area contributed by atoms with Crippen molar-refractivity contribution in [3.8, 4) is 0 Å². The van der Waals surface area contributed by atoms with Gasteiger partial charge in [0.05, 0.1) is 0 Å². The standard InChI is InChI=1S/C35H54N4O4/c1-32(2,15-23-20-9-19-10-21(23)14-35(12-19,13-20)39-31(37)42)43-30(41)24-16-34(4)27-7-8-33(3)22(17-36)5-6-26(33)25(27)18-38-29(34)11-28(24)40/h11,19-27,38H,5-10,12-18,36H2,1-4H3,(H3,37,39,42)/t19?,20?,21?,22-,23?,24?,25+,26+,27+,33-,34-,35?/m1/s1. The van der Waals surface area contributed by atoms with E-state index in [-0.39, 0.29) is 22.7 Å². The molecule has 0 aromatic rings. The molecule has 2 amide bonds. The minimum absolute atomic E-state index is 0.113. The highest BCUT2D eigenvalue weighted by molar-refractivity contribution is 6.06. The molecule has 0 aromatic carbocycles. The molecule has 6 N–H and O–H groups in total. The molecule has 8 aliphatic rings. The maximum Gasteiger partial charge on any atom is 0.317 e. The molecule has 8 rings (SSSR count). The van der Waals surface area contributed by atoms with Gasteiger partial charge in [-0.05, 0) is 144 Å². The summed E-state index contributed by atoms with van der Waals surface area (Å²) >= 11 is 0. The predicted molar refractivity (Wildman–Crippen MR) is 164 cm³/mol. The normalized spacial score (nSPS) is 48.0. The van der Waals surface area contributed by atoms with Crippen LogP contribution in [-0.4, -0.2) is 42.0 Å². The van der Waals surface area contributed by atoms with E-state index in [0.29, 0.717) is 59.2 Å². The van der Waals surface area contributed by atoms with Gasteiger partial charge in [-0.15, -0.1) is 0 Å². The van der Waals surface area contributed by atoms with E-state index in [9.17, 15) is 14.4 Å². The van der Waals surface area contributed by atoms with Gasteiger partial charge in [0, 0.05) is 29.3 Å². The van der Waals surface area contributed by atoms with E-state index >= 15 is 0 Å². The Hall–Kier alpha value is -2.09. The van der Waals surface area contributed by atoms with E-state index in [1.165, 1.54) is 32.1 Å². The average Bonchev–Trinajstić information content (AvgIpc) is 3.25. The number of allylic oxidation sites excluding steroid dienone is 2. The second-order valence-corrected chi connectivity index (χ2v) is 17.2. The molecule has 0 radical (unpaired) electrons. The zero-order valence-electron chi connectivity index (χ0n) is 26.8. The highest BCUT2D eigenvalue weighted by atomic mass is 16.6. The molecule has 0 aromatic heterocycles. The van der Waals surface area contributed by atoms with Crippen LogP contribution in [0.1, 0.15) is 98.3 Å². The number of rotatable bonds is 6. The first-order valence-electron chi connectivity index (χ1n) is 17.3. The molecule has 0 spiro atoms. The van der Waals surface area contributed by atoms with Crippen LogP contribution in [0.5, 0.6) is 0 Å². The summed E-state index contributed by atoms with van der Waals surface area (Å²) in [7, 11) is 0. The number of piperidine rings is 1. The van der Waals surface area contributed by atoms with Crippen LogP contribution in [0.3, 0.4) is 0 Å². The Balaban J connectivity index is 1.04. The zero-order chi connectivity index (χ0) is 30.5. The lowest BCUT2D eigenvalue weighted by Crippen LogP contribution is -2.63. The van der Waals surface area contributed by atoms with Crippen LogP contribution >= 0.6 is 0 Å². The number of carbonyl (C=O) groups excluding carboxylic acids is 3. The number of nitrogens with one attached hydrogen (secondary N) is 2. The number of esters is 1. The Morgan fingerprint density at radius 2 is 1.79 bits per heavy atom. The maximum atomic E-state index is 13.9. The molecule has 3 unspecified atom stereocenters. The first-order valence-corrected chi connectivity index (χ1v) is 17.3. The van der Waals surface area contributed by atoms with Crippen molar-refractivity contribution in [1.29, 1.82) is 0 Å². The van der Waals surface area contributed by atoms with Gasteiger partial charge in [0.15, 0.2) is 5.78 Å². The van der Waals surface area contributed by atoms with Crippen LogP contribution in [-0.2, 0) is 14.3 Å². The fourth-order valence-electron chi connectivity index (χ4n) is 12.8. The van der Waals surface area contributed by atoms with E-state index in [1.807, 2.05) is 13.8 Å². The van der Waals surface area contributed by atoms with E-state index < -0.39 is 17.6 Å². The van der Waals surface area contributed by atoms with Gasteiger partial charge in [0.1, 0.15) is 11.5 Å². The summed E-state index contributed by atoms with van der Waals surface area (Å²) in [6.45, 7) is 10.5. The predicted octanol–water partition coefficient (Wildman–Crippen LogP) is 4.66. The fourth-order valence-corrected chi connectivity index (χ4v) is 12.8. The Kier molecular flexibility index (Phi) is 6.86. The van der Waals surface area contributed by atoms with Crippen molar-refractivity contribution < 1.29 is 19.1 Å². The van der Waals surface area contributed by atoms with Crippen molar-refractivity contribution in [1.82, 2.24) is 10.6 Å². The lowest BCUT2D eigenvalue weighted by molar-refractivity contribution is -0.171. The second kappa shape index (κ2) is 9.95. The number of carbonyl (C=O) groups is 3. The van der Waals surface area contributed by atoms with Crippen molar-refractivity contribution in [2.75, 3.05) is 13.1 Å². The van der Waals surface area contributed by atoms with Crippen LogP contribution in [0.15, 0.2) is 11.8 Å². The van der Waals surface area contributed by atoms with Gasteiger partial charge in [-0.1, -0.05) is 13.8 Å². The quantitative estimate of drug-likeness (QED) is 0.261. The molecule has 9 atom stereocenters. The third-order valence-corrected chi connectivity index (χ3v) is 14.4. The van der Waals surface area contributed by atoms with Gasteiger partial charge >= 0.3 is 12.0 Å². The van der Waals surface area contributed by atoms with Gasteiger partial charge in [-0.25, -0.2) is 4.79 Å². The van der Waals surface area contributed by atoms with E-state index in [4.69, 9.17) is 16.2 Å². The lowest BCUT2D eigenvalue weighted by Gasteiger charge is -2.61. The molecule has 238 valence electrons. The monoisotopic (exact) mass is 594 g/mol. The highest BCUT2D eigenvalue weighted by Crippen LogP contribution is 2.64. The Bertz CT molecular complexity index is 1210. The van der Waals surface area contributed by atoms with Gasteiger partial charge in [-0.2, -0.15) is 0 Å². The van der Waals surface area contributed by atoms with Crippen molar-refractivity contribution in [2.45, 2.75) is 109 Å². The van der Waals surface area contributed by atoms with Crippen LogP contribution in [0.2, 0.25) is 0 Å². The summed E-state index contributed by atoms with van der Waals surface area (Å²) in [6.07, 6.45) is 13.2. The Labute approximate surface area is 257 Å². The van der Waals surface area contributed by atoms with Crippen LogP contribution in [0.4, 0.5) is 4.79 Å². The number of fused-ring (bicyclic) bond motifs is 5. The summed E-state index contributed by atoms with van der Waals surface area (Å²) in [6, 6.07) is -0.416. The summed E-state index contributed by atoms with van der Waals surface area (Å²) < 4.78 is 6.31. The molecule has 6 saturated carbocycles. The largest absolute Gasteiger partial charge is 0.459 e. The van der Waals surface area contributed by atoms with Crippen LogP contribution in [0.25, 0.3) is 0 Å². The minimum Gasteiger partial charge on any atom is -0.459 e. The van der Waals surface area contributed by atoms with Gasteiger partial charge in [0.2, 0.25) is 0 Å². The fraction of sp³-hybridized carbons (Fsp3) is 0.857. The Morgan fingerprint density at radius 1 is 1.07 bits per heavy atom. The van der Waals surface area contributed by atoms with Gasteiger partial charge in [-0.3, -0.25) is 9.59 Å². The molecule has 1 saturated heterocycles. The number of ketones is 1. The van der Waals surface area contributed by atoms with Crippen molar-refractivity contribution >= 4 is 17.8 Å². The van der Waals surface area contributed by atoms with E-state index in [2.05, 4.69) is 24.5 Å².